The van der Waals surface area contributed by atoms with Crippen LogP contribution in [-0.4, -0.2) is 30.8 Å². The highest BCUT2D eigenvalue weighted by atomic mass is 16.3. The fourth-order valence-electron chi connectivity index (χ4n) is 1.71. The molecule has 2 amide bonds. The van der Waals surface area contributed by atoms with Crippen LogP contribution in [0, 0.1) is 0 Å². The molecule has 0 aliphatic rings. The third kappa shape index (κ3) is 6.91. The minimum absolute atomic E-state index is 0.0233. The van der Waals surface area contributed by atoms with E-state index in [1.165, 1.54) is 5.56 Å². The lowest BCUT2D eigenvalue weighted by molar-refractivity contribution is 0.234. The summed E-state index contributed by atoms with van der Waals surface area (Å²) in [6, 6.07) is 10.2. The topological polar surface area (TPSA) is 61.4 Å². The monoisotopic (exact) mass is 250 g/mol. The lowest BCUT2D eigenvalue weighted by Crippen LogP contribution is -2.37. The van der Waals surface area contributed by atoms with Crippen molar-refractivity contribution in [3.63, 3.8) is 0 Å². The van der Waals surface area contributed by atoms with Crippen molar-refractivity contribution in [2.75, 3.05) is 19.7 Å². The number of amides is 2. The molecule has 0 heterocycles. The highest BCUT2D eigenvalue weighted by molar-refractivity contribution is 5.73. The summed E-state index contributed by atoms with van der Waals surface area (Å²) in [5.74, 6) is 0. The highest BCUT2D eigenvalue weighted by Crippen LogP contribution is 2.05. The number of carbonyl (C=O) groups is 1. The van der Waals surface area contributed by atoms with Gasteiger partial charge in [0, 0.05) is 13.1 Å². The first-order chi connectivity index (χ1) is 8.83. The number of aliphatic hydroxyl groups is 1. The number of hydrogen-bond donors (Lipinski definition) is 3. The molecule has 4 nitrogen and oxygen atoms in total. The number of urea groups is 1. The number of unbranched alkanes of at least 4 members (excludes halogenated alkanes) is 2. The molecule has 0 bridgehead atoms. The maximum Gasteiger partial charge on any atom is 0.314 e. The summed E-state index contributed by atoms with van der Waals surface area (Å²) in [7, 11) is 0. The number of aryl methyl sites for hydroxylation is 1. The molecule has 0 atom stereocenters. The van der Waals surface area contributed by atoms with Crippen molar-refractivity contribution < 1.29 is 9.90 Å². The fourth-order valence-corrected chi connectivity index (χ4v) is 1.71. The van der Waals surface area contributed by atoms with Gasteiger partial charge in [-0.1, -0.05) is 36.8 Å². The molecule has 4 heteroatoms. The second kappa shape index (κ2) is 9.48. The Kier molecular flexibility index (Phi) is 7.64. The van der Waals surface area contributed by atoms with Gasteiger partial charge in [-0.3, -0.25) is 0 Å². The molecule has 1 aromatic carbocycles. The Bertz CT molecular complexity index is 328. The molecule has 3 N–H and O–H groups in total. The summed E-state index contributed by atoms with van der Waals surface area (Å²) in [4.78, 5) is 11.1. The number of rotatable bonds is 8. The Morgan fingerprint density at radius 1 is 1.00 bits per heavy atom. The van der Waals surface area contributed by atoms with Gasteiger partial charge in [0.25, 0.3) is 0 Å². The minimum atomic E-state index is -0.202. The van der Waals surface area contributed by atoms with Gasteiger partial charge in [0.05, 0.1) is 6.61 Å². The molecule has 0 radical (unpaired) electrons. The summed E-state index contributed by atoms with van der Waals surface area (Å²) >= 11 is 0. The lowest BCUT2D eigenvalue weighted by Gasteiger charge is -2.06. The van der Waals surface area contributed by atoms with Crippen molar-refractivity contribution >= 4 is 6.03 Å². The summed E-state index contributed by atoms with van der Waals surface area (Å²) in [5.41, 5.74) is 1.37. The predicted molar refractivity (Wildman–Crippen MR) is 72.5 cm³/mol. The Labute approximate surface area is 108 Å². The molecule has 0 spiro atoms. The molecule has 1 aromatic rings. The minimum Gasteiger partial charge on any atom is -0.395 e. The third-order valence-corrected chi connectivity index (χ3v) is 2.67. The van der Waals surface area contributed by atoms with Crippen molar-refractivity contribution in [2.24, 2.45) is 0 Å². The Morgan fingerprint density at radius 2 is 1.72 bits per heavy atom. The van der Waals surface area contributed by atoms with E-state index in [0.717, 1.165) is 25.7 Å². The zero-order valence-electron chi connectivity index (χ0n) is 10.7. The van der Waals surface area contributed by atoms with Crippen LogP contribution in [0.5, 0.6) is 0 Å². The SMILES string of the molecule is O=C(NCCO)NCCCCCc1ccccc1. The van der Waals surface area contributed by atoms with Gasteiger partial charge in [-0.25, -0.2) is 4.79 Å². The van der Waals surface area contributed by atoms with Crippen LogP contribution >= 0.6 is 0 Å². The number of benzene rings is 1. The van der Waals surface area contributed by atoms with Crippen molar-refractivity contribution in [2.45, 2.75) is 25.7 Å². The number of nitrogens with one attached hydrogen (secondary N) is 2. The van der Waals surface area contributed by atoms with Gasteiger partial charge < -0.3 is 15.7 Å². The molecule has 0 fully saturated rings. The molecule has 0 saturated heterocycles. The van der Waals surface area contributed by atoms with Crippen molar-refractivity contribution in [1.29, 1.82) is 0 Å². The normalized spacial score (nSPS) is 10.1. The molecule has 0 aromatic heterocycles. The first kappa shape index (κ1) is 14.5. The Balaban J connectivity index is 1.94. The van der Waals surface area contributed by atoms with Crippen LogP contribution in [-0.2, 0) is 6.42 Å². The number of hydrogen-bond acceptors (Lipinski definition) is 2. The van der Waals surface area contributed by atoms with Crippen LogP contribution in [0.15, 0.2) is 30.3 Å². The van der Waals surface area contributed by atoms with Gasteiger partial charge in [0.1, 0.15) is 0 Å². The van der Waals surface area contributed by atoms with E-state index < -0.39 is 0 Å². The van der Waals surface area contributed by atoms with Crippen LogP contribution in [0.2, 0.25) is 0 Å². The molecule has 1 rings (SSSR count). The van der Waals surface area contributed by atoms with Crippen LogP contribution in [0.1, 0.15) is 24.8 Å². The quantitative estimate of drug-likeness (QED) is 0.615. The van der Waals surface area contributed by atoms with Gasteiger partial charge in [-0.05, 0) is 24.8 Å². The smallest absolute Gasteiger partial charge is 0.314 e. The summed E-state index contributed by atoms with van der Waals surface area (Å²) < 4.78 is 0. The molecular formula is C14H22N2O2. The van der Waals surface area contributed by atoms with Crippen LogP contribution < -0.4 is 10.6 Å². The highest BCUT2D eigenvalue weighted by Gasteiger charge is 1.97. The van der Waals surface area contributed by atoms with Crippen molar-refractivity contribution in [3.05, 3.63) is 35.9 Å². The molecule has 100 valence electrons. The average Bonchev–Trinajstić information content (AvgIpc) is 2.41. The third-order valence-electron chi connectivity index (χ3n) is 2.67. The lowest BCUT2D eigenvalue weighted by atomic mass is 10.1. The van der Waals surface area contributed by atoms with E-state index in [4.69, 9.17) is 5.11 Å². The second-order valence-corrected chi connectivity index (χ2v) is 4.20. The van der Waals surface area contributed by atoms with E-state index in [2.05, 4.69) is 34.9 Å². The van der Waals surface area contributed by atoms with Crippen LogP contribution in [0.25, 0.3) is 0 Å². The van der Waals surface area contributed by atoms with Gasteiger partial charge in [-0.15, -0.1) is 0 Å². The summed E-state index contributed by atoms with van der Waals surface area (Å²) in [6.07, 6.45) is 4.33. The molecule has 0 unspecified atom stereocenters. The molecular weight excluding hydrogens is 228 g/mol. The van der Waals surface area contributed by atoms with E-state index in [1.807, 2.05) is 6.07 Å². The largest absolute Gasteiger partial charge is 0.395 e. The van der Waals surface area contributed by atoms with Crippen LogP contribution in [0.4, 0.5) is 4.79 Å². The standard InChI is InChI=1S/C14H22N2O2/c17-12-11-16-14(18)15-10-6-2-5-9-13-7-3-1-4-8-13/h1,3-4,7-8,17H,2,5-6,9-12H2,(H2,15,16,18). The van der Waals surface area contributed by atoms with Gasteiger partial charge in [-0.2, -0.15) is 0 Å². The maximum absolute atomic E-state index is 11.1. The number of carbonyl (C=O) groups excluding carboxylic acids is 1. The zero-order valence-corrected chi connectivity index (χ0v) is 10.7. The van der Waals surface area contributed by atoms with E-state index in [1.54, 1.807) is 0 Å². The van der Waals surface area contributed by atoms with Crippen molar-refractivity contribution in [1.82, 2.24) is 10.6 Å². The van der Waals surface area contributed by atoms with Gasteiger partial charge in [0.15, 0.2) is 0 Å². The van der Waals surface area contributed by atoms with E-state index in [0.29, 0.717) is 13.1 Å². The van der Waals surface area contributed by atoms with E-state index >= 15 is 0 Å². The first-order valence-electron chi connectivity index (χ1n) is 6.49. The summed E-state index contributed by atoms with van der Waals surface area (Å²) in [5, 5.41) is 13.8. The molecule has 0 aliphatic carbocycles. The van der Waals surface area contributed by atoms with E-state index in [-0.39, 0.29) is 12.6 Å². The summed E-state index contributed by atoms with van der Waals surface area (Å²) in [6.45, 7) is 0.969. The predicted octanol–water partition coefficient (Wildman–Crippen LogP) is 1.69. The van der Waals surface area contributed by atoms with Gasteiger partial charge >= 0.3 is 6.03 Å². The number of aliphatic hydroxyl groups excluding tert-OH is 1. The maximum atomic E-state index is 11.1. The first-order valence-corrected chi connectivity index (χ1v) is 6.49. The fraction of sp³-hybridized carbons (Fsp3) is 0.500. The Hall–Kier alpha value is -1.55. The van der Waals surface area contributed by atoms with Gasteiger partial charge in [0.2, 0.25) is 0 Å². The molecule has 0 aliphatic heterocycles. The Morgan fingerprint density at radius 3 is 2.44 bits per heavy atom. The second-order valence-electron chi connectivity index (χ2n) is 4.20. The average molecular weight is 250 g/mol. The van der Waals surface area contributed by atoms with Crippen LogP contribution in [0.3, 0.4) is 0 Å². The van der Waals surface area contributed by atoms with Crippen molar-refractivity contribution in [3.8, 4) is 0 Å². The zero-order chi connectivity index (χ0) is 13.1. The van der Waals surface area contributed by atoms with E-state index in [9.17, 15) is 4.79 Å². The molecule has 18 heavy (non-hydrogen) atoms. The molecule has 0 saturated carbocycles.